The van der Waals surface area contributed by atoms with Crippen LogP contribution in [0.25, 0.3) is 0 Å². The summed E-state index contributed by atoms with van der Waals surface area (Å²) in [6.07, 6.45) is 3.29. The highest BCUT2D eigenvalue weighted by molar-refractivity contribution is 6.18. The number of nitrogens with one attached hydrogen (secondary N) is 1. The van der Waals surface area contributed by atoms with Gasteiger partial charge < -0.3 is 9.88 Å². The molecule has 0 aliphatic rings. The number of halogens is 1. The summed E-state index contributed by atoms with van der Waals surface area (Å²) < 4.78 is 1.60. The van der Waals surface area contributed by atoms with Crippen LogP contribution in [0.15, 0.2) is 47.5 Å². The van der Waals surface area contributed by atoms with Crippen molar-refractivity contribution in [1.29, 1.82) is 0 Å². The summed E-state index contributed by atoms with van der Waals surface area (Å²) in [7, 11) is 0. The molecule has 0 saturated heterocycles. The van der Waals surface area contributed by atoms with E-state index in [4.69, 9.17) is 11.6 Å². The van der Waals surface area contributed by atoms with Gasteiger partial charge in [0.05, 0.1) is 6.04 Å². The Morgan fingerprint density at radius 3 is 2.74 bits per heavy atom. The van der Waals surface area contributed by atoms with Crippen molar-refractivity contribution in [3.63, 3.8) is 0 Å². The Kier molecular flexibility index (Phi) is 4.58. The SMILES string of the molecule is CCn1ccnc(NC(CCl)c2ccccc2)c1=O. The molecule has 1 aromatic carbocycles. The Labute approximate surface area is 117 Å². The van der Waals surface area contributed by atoms with Gasteiger partial charge in [-0.15, -0.1) is 11.6 Å². The minimum atomic E-state index is -0.129. The Bertz CT molecular complexity index is 583. The number of rotatable bonds is 5. The highest BCUT2D eigenvalue weighted by Gasteiger charge is 2.13. The molecule has 2 rings (SSSR count). The molecule has 0 fully saturated rings. The first-order valence-corrected chi connectivity index (χ1v) is 6.72. The van der Waals surface area contributed by atoms with Crippen LogP contribution in [0.1, 0.15) is 18.5 Å². The molecule has 2 aromatic rings. The number of anilines is 1. The maximum atomic E-state index is 12.1. The van der Waals surface area contributed by atoms with E-state index >= 15 is 0 Å². The number of nitrogens with zero attached hydrogens (tertiary/aromatic N) is 2. The molecule has 1 atom stereocenters. The fourth-order valence-electron chi connectivity index (χ4n) is 1.86. The van der Waals surface area contributed by atoms with Gasteiger partial charge in [-0.1, -0.05) is 30.3 Å². The lowest BCUT2D eigenvalue weighted by atomic mass is 10.1. The molecule has 19 heavy (non-hydrogen) atoms. The van der Waals surface area contributed by atoms with Crippen molar-refractivity contribution in [2.75, 3.05) is 11.2 Å². The molecule has 0 amide bonds. The lowest BCUT2D eigenvalue weighted by Crippen LogP contribution is -2.26. The summed E-state index contributed by atoms with van der Waals surface area (Å²) in [5, 5.41) is 3.11. The number of aryl methyl sites for hydroxylation is 1. The molecule has 100 valence electrons. The zero-order valence-electron chi connectivity index (χ0n) is 10.7. The quantitative estimate of drug-likeness (QED) is 0.855. The van der Waals surface area contributed by atoms with Crippen molar-refractivity contribution in [1.82, 2.24) is 9.55 Å². The minimum Gasteiger partial charge on any atom is -0.357 e. The molecule has 1 aromatic heterocycles. The van der Waals surface area contributed by atoms with Gasteiger partial charge in [0.2, 0.25) is 0 Å². The monoisotopic (exact) mass is 277 g/mol. The third-order valence-electron chi connectivity index (χ3n) is 2.92. The second-order valence-corrected chi connectivity index (χ2v) is 4.44. The molecule has 0 spiro atoms. The highest BCUT2D eigenvalue weighted by Crippen LogP contribution is 2.17. The van der Waals surface area contributed by atoms with E-state index in [1.165, 1.54) is 0 Å². The maximum absolute atomic E-state index is 12.1. The van der Waals surface area contributed by atoms with E-state index in [1.54, 1.807) is 17.0 Å². The number of alkyl halides is 1. The first-order valence-electron chi connectivity index (χ1n) is 6.19. The Morgan fingerprint density at radius 1 is 1.37 bits per heavy atom. The predicted octanol–water partition coefficient (Wildman–Crippen LogP) is 2.66. The van der Waals surface area contributed by atoms with Gasteiger partial charge in [0.1, 0.15) is 0 Å². The third kappa shape index (κ3) is 3.15. The Balaban J connectivity index is 2.27. The largest absolute Gasteiger partial charge is 0.357 e. The lowest BCUT2D eigenvalue weighted by Gasteiger charge is -2.17. The maximum Gasteiger partial charge on any atom is 0.293 e. The molecule has 0 bridgehead atoms. The summed E-state index contributed by atoms with van der Waals surface area (Å²) in [6.45, 7) is 2.54. The number of hydrogen-bond donors (Lipinski definition) is 1. The second-order valence-electron chi connectivity index (χ2n) is 4.13. The summed E-state index contributed by atoms with van der Waals surface area (Å²) in [6, 6.07) is 9.65. The summed E-state index contributed by atoms with van der Waals surface area (Å²) in [5.74, 6) is 0.699. The van der Waals surface area contributed by atoms with Crippen LogP contribution in [0, 0.1) is 0 Å². The molecular formula is C14H16ClN3O. The summed E-state index contributed by atoms with van der Waals surface area (Å²) in [4.78, 5) is 16.2. The van der Waals surface area contributed by atoms with Crippen molar-refractivity contribution in [3.05, 3.63) is 58.6 Å². The topological polar surface area (TPSA) is 46.9 Å². The van der Waals surface area contributed by atoms with Crippen LogP contribution < -0.4 is 10.9 Å². The lowest BCUT2D eigenvalue weighted by molar-refractivity contribution is 0.714. The molecule has 0 aliphatic carbocycles. The first kappa shape index (κ1) is 13.6. The zero-order chi connectivity index (χ0) is 13.7. The second kappa shape index (κ2) is 6.38. The van der Waals surface area contributed by atoms with Gasteiger partial charge in [-0.3, -0.25) is 4.79 Å². The average molecular weight is 278 g/mol. The van der Waals surface area contributed by atoms with E-state index in [2.05, 4.69) is 10.3 Å². The molecule has 1 N–H and O–H groups in total. The normalized spacial score (nSPS) is 12.1. The van der Waals surface area contributed by atoms with Crippen molar-refractivity contribution >= 4 is 17.4 Å². The zero-order valence-corrected chi connectivity index (χ0v) is 11.5. The molecule has 4 nitrogen and oxygen atoms in total. The van der Waals surface area contributed by atoms with Crippen LogP contribution in [0.4, 0.5) is 5.82 Å². The van der Waals surface area contributed by atoms with Crippen molar-refractivity contribution in [3.8, 4) is 0 Å². The molecule has 5 heteroatoms. The molecule has 1 heterocycles. The first-order chi connectivity index (χ1) is 9.26. The van der Waals surface area contributed by atoms with Gasteiger partial charge in [0, 0.05) is 24.8 Å². The third-order valence-corrected chi connectivity index (χ3v) is 3.23. The van der Waals surface area contributed by atoms with E-state index in [-0.39, 0.29) is 11.6 Å². The highest BCUT2D eigenvalue weighted by atomic mass is 35.5. The van der Waals surface area contributed by atoms with Crippen molar-refractivity contribution < 1.29 is 0 Å². The summed E-state index contributed by atoms with van der Waals surface area (Å²) in [5.41, 5.74) is 0.904. The molecule has 0 radical (unpaired) electrons. The number of aromatic nitrogens is 2. The van der Waals surface area contributed by atoms with Crippen LogP contribution in [0.3, 0.4) is 0 Å². The predicted molar refractivity (Wildman–Crippen MR) is 77.7 cm³/mol. The fourth-order valence-corrected chi connectivity index (χ4v) is 2.11. The molecular weight excluding hydrogens is 262 g/mol. The van der Waals surface area contributed by atoms with Crippen LogP contribution in [0.2, 0.25) is 0 Å². The van der Waals surface area contributed by atoms with Gasteiger partial charge in [0.15, 0.2) is 5.82 Å². The van der Waals surface area contributed by atoms with E-state index in [0.29, 0.717) is 18.2 Å². The van der Waals surface area contributed by atoms with Gasteiger partial charge in [-0.05, 0) is 12.5 Å². The van der Waals surface area contributed by atoms with E-state index < -0.39 is 0 Å². The van der Waals surface area contributed by atoms with Crippen molar-refractivity contribution in [2.45, 2.75) is 19.5 Å². The standard InChI is InChI=1S/C14H16ClN3O/c1-2-18-9-8-16-13(14(18)19)17-12(10-15)11-6-4-3-5-7-11/h3-9,12H,2,10H2,1H3,(H,16,17). The fraction of sp³-hybridized carbons (Fsp3) is 0.286. The smallest absolute Gasteiger partial charge is 0.293 e. The summed E-state index contributed by atoms with van der Waals surface area (Å²) >= 11 is 5.98. The Morgan fingerprint density at radius 2 is 2.11 bits per heavy atom. The molecule has 0 saturated carbocycles. The van der Waals surface area contributed by atoms with E-state index in [9.17, 15) is 4.79 Å². The van der Waals surface area contributed by atoms with E-state index in [1.807, 2.05) is 37.3 Å². The number of hydrogen-bond acceptors (Lipinski definition) is 3. The van der Waals surface area contributed by atoms with Gasteiger partial charge in [-0.2, -0.15) is 0 Å². The average Bonchev–Trinajstić information content (AvgIpc) is 2.47. The van der Waals surface area contributed by atoms with Crippen LogP contribution in [0.5, 0.6) is 0 Å². The van der Waals surface area contributed by atoms with Gasteiger partial charge in [0.25, 0.3) is 5.56 Å². The van der Waals surface area contributed by atoms with Gasteiger partial charge in [-0.25, -0.2) is 4.98 Å². The minimum absolute atomic E-state index is 0.129. The molecule has 1 unspecified atom stereocenters. The van der Waals surface area contributed by atoms with Crippen LogP contribution in [-0.4, -0.2) is 15.4 Å². The number of benzene rings is 1. The van der Waals surface area contributed by atoms with Crippen LogP contribution in [-0.2, 0) is 6.54 Å². The van der Waals surface area contributed by atoms with Crippen molar-refractivity contribution in [2.24, 2.45) is 0 Å². The van der Waals surface area contributed by atoms with Gasteiger partial charge >= 0.3 is 0 Å². The van der Waals surface area contributed by atoms with E-state index in [0.717, 1.165) is 5.56 Å². The molecule has 0 aliphatic heterocycles. The van der Waals surface area contributed by atoms with Crippen LogP contribution >= 0.6 is 11.6 Å². The Hall–Kier alpha value is -1.81.